The SMILES string of the molecule is CCOCCSc1n[nH]c(-c2ccc(CC)cc2)n1. The second-order valence-electron chi connectivity index (χ2n) is 4.06. The summed E-state index contributed by atoms with van der Waals surface area (Å²) in [7, 11) is 0. The summed E-state index contributed by atoms with van der Waals surface area (Å²) in [6.07, 6.45) is 1.05. The van der Waals surface area contributed by atoms with Gasteiger partial charge >= 0.3 is 0 Å². The highest BCUT2D eigenvalue weighted by molar-refractivity contribution is 7.99. The molecule has 0 radical (unpaired) electrons. The quantitative estimate of drug-likeness (QED) is 0.624. The maximum absolute atomic E-state index is 5.29. The minimum absolute atomic E-state index is 0.732. The maximum atomic E-state index is 5.29. The molecule has 1 aromatic heterocycles. The number of hydrogen-bond acceptors (Lipinski definition) is 4. The number of nitrogens with zero attached hydrogens (tertiary/aromatic N) is 2. The topological polar surface area (TPSA) is 50.8 Å². The van der Waals surface area contributed by atoms with E-state index < -0.39 is 0 Å². The fourth-order valence-electron chi connectivity index (χ4n) is 1.67. The van der Waals surface area contributed by atoms with Crippen LogP contribution < -0.4 is 0 Å². The van der Waals surface area contributed by atoms with Crippen LogP contribution in [0.5, 0.6) is 0 Å². The van der Waals surface area contributed by atoms with Crippen LogP contribution in [0.25, 0.3) is 11.4 Å². The second-order valence-corrected chi connectivity index (χ2v) is 5.12. The van der Waals surface area contributed by atoms with E-state index in [1.165, 1.54) is 5.56 Å². The lowest BCUT2D eigenvalue weighted by atomic mass is 10.1. The number of H-pyrrole nitrogens is 1. The van der Waals surface area contributed by atoms with Gasteiger partial charge in [0.2, 0.25) is 5.16 Å². The standard InChI is InChI=1S/C14H19N3OS/c1-3-11-5-7-12(8-6-11)13-15-14(17-16-13)19-10-9-18-4-2/h5-8H,3-4,9-10H2,1-2H3,(H,15,16,17). The van der Waals surface area contributed by atoms with Gasteiger partial charge in [-0.2, -0.15) is 0 Å². The first-order valence-electron chi connectivity index (χ1n) is 6.55. The van der Waals surface area contributed by atoms with E-state index in [-0.39, 0.29) is 0 Å². The van der Waals surface area contributed by atoms with Gasteiger partial charge in [-0.15, -0.1) is 5.10 Å². The Balaban J connectivity index is 1.95. The van der Waals surface area contributed by atoms with Crippen molar-refractivity contribution in [1.29, 1.82) is 0 Å². The molecular formula is C14H19N3OS. The van der Waals surface area contributed by atoms with Crippen LogP contribution in [0.4, 0.5) is 0 Å². The Bertz CT molecular complexity index is 496. The molecule has 0 amide bonds. The number of rotatable bonds is 7. The molecule has 0 aliphatic rings. The first-order chi connectivity index (χ1) is 9.33. The zero-order chi connectivity index (χ0) is 13.5. The van der Waals surface area contributed by atoms with Crippen molar-refractivity contribution >= 4 is 11.8 Å². The average molecular weight is 277 g/mol. The molecule has 4 nitrogen and oxygen atoms in total. The van der Waals surface area contributed by atoms with Gasteiger partial charge in [-0.05, 0) is 18.9 Å². The van der Waals surface area contributed by atoms with Crippen molar-refractivity contribution in [3.63, 3.8) is 0 Å². The number of nitrogens with one attached hydrogen (secondary N) is 1. The van der Waals surface area contributed by atoms with E-state index in [0.29, 0.717) is 0 Å². The molecule has 0 saturated heterocycles. The van der Waals surface area contributed by atoms with Crippen LogP contribution >= 0.6 is 11.8 Å². The maximum Gasteiger partial charge on any atom is 0.208 e. The molecule has 0 saturated carbocycles. The summed E-state index contributed by atoms with van der Waals surface area (Å²) in [5, 5.41) is 7.95. The number of thioether (sulfide) groups is 1. The van der Waals surface area contributed by atoms with Gasteiger partial charge in [0.25, 0.3) is 0 Å². The number of aryl methyl sites for hydroxylation is 1. The Morgan fingerprint density at radius 1 is 1.21 bits per heavy atom. The smallest absolute Gasteiger partial charge is 0.208 e. The molecule has 0 aliphatic carbocycles. The Kier molecular flexibility index (Phi) is 5.42. The van der Waals surface area contributed by atoms with E-state index in [4.69, 9.17) is 4.74 Å². The third kappa shape index (κ3) is 4.08. The summed E-state index contributed by atoms with van der Waals surface area (Å²) in [6, 6.07) is 8.40. The van der Waals surface area contributed by atoms with Crippen molar-refractivity contribution in [2.24, 2.45) is 0 Å². The number of ether oxygens (including phenoxy) is 1. The van der Waals surface area contributed by atoms with Crippen LogP contribution in [0.3, 0.4) is 0 Å². The lowest BCUT2D eigenvalue weighted by molar-refractivity contribution is 0.164. The van der Waals surface area contributed by atoms with Crippen molar-refractivity contribution in [1.82, 2.24) is 15.2 Å². The van der Waals surface area contributed by atoms with E-state index in [1.807, 2.05) is 6.92 Å². The fraction of sp³-hybridized carbons (Fsp3) is 0.429. The molecule has 2 rings (SSSR count). The predicted octanol–water partition coefficient (Wildman–Crippen LogP) is 3.16. The van der Waals surface area contributed by atoms with Crippen molar-refractivity contribution in [3.8, 4) is 11.4 Å². The summed E-state index contributed by atoms with van der Waals surface area (Å²) in [6.45, 7) is 5.63. The molecule has 0 fully saturated rings. The highest BCUT2D eigenvalue weighted by Crippen LogP contribution is 2.19. The molecule has 5 heteroatoms. The molecule has 0 atom stereocenters. The van der Waals surface area contributed by atoms with Crippen molar-refractivity contribution < 1.29 is 4.74 Å². The second kappa shape index (κ2) is 7.31. The van der Waals surface area contributed by atoms with Gasteiger partial charge in [-0.1, -0.05) is 43.0 Å². The molecular weight excluding hydrogens is 258 g/mol. The zero-order valence-corrected chi connectivity index (χ0v) is 12.2. The summed E-state index contributed by atoms with van der Waals surface area (Å²) in [5.74, 6) is 1.70. The van der Waals surface area contributed by atoms with Gasteiger partial charge in [0.15, 0.2) is 5.82 Å². The molecule has 102 valence electrons. The molecule has 19 heavy (non-hydrogen) atoms. The van der Waals surface area contributed by atoms with Gasteiger partial charge in [0, 0.05) is 17.9 Å². The summed E-state index contributed by atoms with van der Waals surface area (Å²) >= 11 is 1.61. The van der Waals surface area contributed by atoms with Crippen LogP contribution in [0.15, 0.2) is 29.4 Å². The summed E-state index contributed by atoms with van der Waals surface area (Å²) in [4.78, 5) is 4.47. The lowest BCUT2D eigenvalue weighted by Gasteiger charge is -1.98. The number of aromatic nitrogens is 3. The Labute approximate surface area is 118 Å². The Morgan fingerprint density at radius 2 is 2.00 bits per heavy atom. The molecule has 1 N–H and O–H groups in total. The van der Waals surface area contributed by atoms with Crippen LogP contribution in [0.2, 0.25) is 0 Å². The minimum atomic E-state index is 0.732. The highest BCUT2D eigenvalue weighted by Gasteiger charge is 2.05. The van der Waals surface area contributed by atoms with Crippen LogP contribution in [-0.4, -0.2) is 34.1 Å². The van der Waals surface area contributed by atoms with E-state index in [0.717, 1.165) is 41.9 Å². The van der Waals surface area contributed by atoms with Gasteiger partial charge in [-0.3, -0.25) is 5.10 Å². The van der Waals surface area contributed by atoms with E-state index in [2.05, 4.69) is 46.4 Å². The van der Waals surface area contributed by atoms with Crippen molar-refractivity contribution in [2.45, 2.75) is 25.4 Å². The normalized spacial score (nSPS) is 10.8. The minimum Gasteiger partial charge on any atom is -0.381 e. The molecule has 0 unspecified atom stereocenters. The average Bonchev–Trinajstić information content (AvgIpc) is 2.92. The number of aromatic amines is 1. The fourth-order valence-corrected chi connectivity index (χ4v) is 2.32. The van der Waals surface area contributed by atoms with Gasteiger partial charge in [0.05, 0.1) is 6.61 Å². The van der Waals surface area contributed by atoms with Crippen LogP contribution in [-0.2, 0) is 11.2 Å². The third-order valence-electron chi connectivity index (χ3n) is 2.76. The largest absolute Gasteiger partial charge is 0.381 e. The Hall–Kier alpha value is -1.33. The highest BCUT2D eigenvalue weighted by atomic mass is 32.2. The summed E-state index contributed by atoms with van der Waals surface area (Å²) < 4.78 is 5.29. The Morgan fingerprint density at radius 3 is 2.68 bits per heavy atom. The molecule has 0 aliphatic heterocycles. The molecule has 2 aromatic rings. The first kappa shape index (κ1) is 14.1. The first-order valence-corrected chi connectivity index (χ1v) is 7.54. The number of hydrogen-bond donors (Lipinski definition) is 1. The van der Waals surface area contributed by atoms with Crippen LogP contribution in [0.1, 0.15) is 19.4 Å². The lowest BCUT2D eigenvalue weighted by Crippen LogP contribution is -1.96. The molecule has 0 spiro atoms. The van der Waals surface area contributed by atoms with Gasteiger partial charge < -0.3 is 4.74 Å². The monoisotopic (exact) mass is 277 g/mol. The molecule has 1 aromatic carbocycles. The summed E-state index contributed by atoms with van der Waals surface area (Å²) in [5.41, 5.74) is 2.40. The number of benzene rings is 1. The third-order valence-corrected chi connectivity index (χ3v) is 3.58. The van der Waals surface area contributed by atoms with E-state index >= 15 is 0 Å². The van der Waals surface area contributed by atoms with Gasteiger partial charge in [-0.25, -0.2) is 4.98 Å². The molecule has 1 heterocycles. The van der Waals surface area contributed by atoms with Gasteiger partial charge in [0.1, 0.15) is 0 Å². The van der Waals surface area contributed by atoms with E-state index in [9.17, 15) is 0 Å². The van der Waals surface area contributed by atoms with Crippen molar-refractivity contribution in [3.05, 3.63) is 29.8 Å². The van der Waals surface area contributed by atoms with Crippen molar-refractivity contribution in [2.75, 3.05) is 19.0 Å². The van der Waals surface area contributed by atoms with E-state index in [1.54, 1.807) is 11.8 Å². The predicted molar refractivity (Wildman–Crippen MR) is 78.4 cm³/mol. The zero-order valence-electron chi connectivity index (χ0n) is 11.3. The van der Waals surface area contributed by atoms with Crippen LogP contribution in [0, 0.1) is 0 Å². The molecule has 0 bridgehead atoms.